The van der Waals surface area contributed by atoms with Crippen LogP contribution >= 0.6 is 0 Å². The summed E-state index contributed by atoms with van der Waals surface area (Å²) in [5.74, 6) is 1.02. The summed E-state index contributed by atoms with van der Waals surface area (Å²) in [5.41, 5.74) is 3.02. The van der Waals surface area contributed by atoms with Crippen molar-refractivity contribution in [1.29, 1.82) is 0 Å². The number of anilines is 1. The van der Waals surface area contributed by atoms with Gasteiger partial charge in [-0.3, -0.25) is 9.59 Å². The molecule has 142 valence electrons. The Balaban J connectivity index is 1.50. The maximum atomic E-state index is 12.4. The Kier molecular flexibility index (Phi) is 6.12. The number of nitrogens with zero attached hydrogens (tertiary/aromatic N) is 1. The molecule has 2 aromatic carbocycles. The molecule has 1 aliphatic rings. The van der Waals surface area contributed by atoms with Gasteiger partial charge in [-0.25, -0.2) is 0 Å². The summed E-state index contributed by atoms with van der Waals surface area (Å²) in [6.45, 7) is 5.71. The number of rotatable bonds is 7. The van der Waals surface area contributed by atoms with Gasteiger partial charge in [0.2, 0.25) is 11.8 Å². The van der Waals surface area contributed by atoms with Crippen LogP contribution in [-0.2, 0) is 16.0 Å². The molecule has 0 aromatic heterocycles. The Morgan fingerprint density at radius 2 is 2.00 bits per heavy atom. The normalized spacial score (nSPS) is 16.4. The van der Waals surface area contributed by atoms with E-state index in [2.05, 4.69) is 5.32 Å². The lowest BCUT2D eigenvalue weighted by Gasteiger charge is -2.17. The van der Waals surface area contributed by atoms with Crippen molar-refractivity contribution in [2.45, 2.75) is 26.7 Å². The topological polar surface area (TPSA) is 58.6 Å². The molecule has 0 bridgehead atoms. The fraction of sp³-hybridized carbons (Fsp3) is 0.364. The Labute approximate surface area is 160 Å². The highest BCUT2D eigenvalue weighted by Gasteiger charge is 2.30. The van der Waals surface area contributed by atoms with Crippen LogP contribution in [0.5, 0.6) is 5.75 Å². The fourth-order valence-electron chi connectivity index (χ4n) is 3.38. The highest BCUT2D eigenvalue weighted by Crippen LogP contribution is 2.26. The molecule has 2 amide bonds. The van der Waals surface area contributed by atoms with Crippen LogP contribution in [0.2, 0.25) is 0 Å². The molecule has 1 unspecified atom stereocenters. The SMILES string of the molecule is CCOc1ccc(N2CC(CNC(=O)Cc3cccc(C)c3)CC2=O)cc1. The fourth-order valence-corrected chi connectivity index (χ4v) is 3.38. The molecule has 5 heteroatoms. The minimum Gasteiger partial charge on any atom is -0.494 e. The van der Waals surface area contributed by atoms with E-state index in [1.807, 2.05) is 62.4 Å². The van der Waals surface area contributed by atoms with E-state index in [1.165, 1.54) is 0 Å². The Bertz CT molecular complexity index is 801. The molecular weight excluding hydrogens is 340 g/mol. The van der Waals surface area contributed by atoms with E-state index < -0.39 is 0 Å². The van der Waals surface area contributed by atoms with Crippen molar-refractivity contribution in [1.82, 2.24) is 5.32 Å². The third kappa shape index (κ3) is 5.09. The number of hydrogen-bond acceptors (Lipinski definition) is 3. The van der Waals surface area contributed by atoms with Crippen molar-refractivity contribution >= 4 is 17.5 Å². The van der Waals surface area contributed by atoms with Gasteiger partial charge < -0.3 is 15.0 Å². The third-order valence-corrected chi connectivity index (χ3v) is 4.70. The van der Waals surface area contributed by atoms with Gasteiger partial charge in [-0.2, -0.15) is 0 Å². The van der Waals surface area contributed by atoms with E-state index in [0.717, 1.165) is 22.6 Å². The number of ether oxygens (including phenoxy) is 1. The molecule has 0 aliphatic carbocycles. The molecular formula is C22H26N2O3. The summed E-state index contributed by atoms with van der Waals surface area (Å²) in [5, 5.41) is 2.97. The first-order valence-electron chi connectivity index (χ1n) is 9.40. The van der Waals surface area contributed by atoms with Crippen LogP contribution < -0.4 is 15.0 Å². The predicted octanol–water partition coefficient (Wildman–Crippen LogP) is 3.11. The molecule has 1 aliphatic heterocycles. The van der Waals surface area contributed by atoms with Crippen molar-refractivity contribution < 1.29 is 14.3 Å². The Morgan fingerprint density at radius 3 is 2.70 bits per heavy atom. The molecule has 2 aromatic rings. The Morgan fingerprint density at radius 1 is 1.22 bits per heavy atom. The second-order valence-electron chi connectivity index (χ2n) is 6.97. The quantitative estimate of drug-likeness (QED) is 0.819. The van der Waals surface area contributed by atoms with Crippen molar-refractivity contribution in [2.75, 3.05) is 24.6 Å². The first-order chi connectivity index (χ1) is 13.0. The third-order valence-electron chi connectivity index (χ3n) is 4.70. The maximum Gasteiger partial charge on any atom is 0.227 e. The Hall–Kier alpha value is -2.82. The second kappa shape index (κ2) is 8.71. The van der Waals surface area contributed by atoms with Crippen LogP contribution in [0.1, 0.15) is 24.5 Å². The molecule has 0 spiro atoms. The van der Waals surface area contributed by atoms with Gasteiger partial charge in [-0.1, -0.05) is 29.8 Å². The van der Waals surface area contributed by atoms with Gasteiger partial charge in [0.25, 0.3) is 0 Å². The van der Waals surface area contributed by atoms with Crippen molar-refractivity contribution in [3.05, 3.63) is 59.7 Å². The summed E-state index contributed by atoms with van der Waals surface area (Å²) in [6, 6.07) is 15.5. The lowest BCUT2D eigenvalue weighted by molar-refractivity contribution is -0.121. The van der Waals surface area contributed by atoms with Crippen LogP contribution in [0.25, 0.3) is 0 Å². The van der Waals surface area contributed by atoms with E-state index in [-0.39, 0.29) is 17.7 Å². The minimum absolute atomic E-state index is 0.00688. The standard InChI is InChI=1S/C22H26N2O3/c1-3-27-20-9-7-19(8-10-20)24-15-18(13-22(24)26)14-23-21(25)12-17-6-4-5-16(2)11-17/h4-11,18H,3,12-15H2,1-2H3,(H,23,25). The average molecular weight is 366 g/mol. The molecule has 1 atom stereocenters. The highest BCUT2D eigenvalue weighted by molar-refractivity contribution is 5.95. The smallest absolute Gasteiger partial charge is 0.227 e. The number of hydrogen-bond donors (Lipinski definition) is 1. The second-order valence-corrected chi connectivity index (χ2v) is 6.97. The molecule has 0 radical (unpaired) electrons. The zero-order valence-corrected chi connectivity index (χ0v) is 15.9. The summed E-state index contributed by atoms with van der Waals surface area (Å²) in [4.78, 5) is 26.3. The lowest BCUT2D eigenvalue weighted by Crippen LogP contribution is -2.32. The maximum absolute atomic E-state index is 12.4. The minimum atomic E-state index is -0.00688. The number of benzene rings is 2. The predicted molar refractivity (Wildman–Crippen MR) is 106 cm³/mol. The van der Waals surface area contributed by atoms with Crippen molar-refractivity contribution in [3.63, 3.8) is 0 Å². The summed E-state index contributed by atoms with van der Waals surface area (Å²) < 4.78 is 5.44. The van der Waals surface area contributed by atoms with Crippen LogP contribution in [0, 0.1) is 12.8 Å². The number of carbonyl (C=O) groups is 2. The van der Waals surface area contributed by atoms with E-state index >= 15 is 0 Å². The number of aryl methyl sites for hydroxylation is 1. The number of amides is 2. The molecule has 1 heterocycles. The molecule has 5 nitrogen and oxygen atoms in total. The van der Waals surface area contributed by atoms with Gasteiger partial charge in [0, 0.05) is 31.1 Å². The van der Waals surface area contributed by atoms with Gasteiger partial charge >= 0.3 is 0 Å². The molecule has 0 saturated carbocycles. The number of carbonyl (C=O) groups excluding carboxylic acids is 2. The van der Waals surface area contributed by atoms with E-state index in [4.69, 9.17) is 4.74 Å². The molecule has 27 heavy (non-hydrogen) atoms. The summed E-state index contributed by atoms with van der Waals surface area (Å²) in [6.07, 6.45) is 0.822. The first-order valence-corrected chi connectivity index (χ1v) is 9.40. The number of nitrogens with one attached hydrogen (secondary N) is 1. The van der Waals surface area contributed by atoms with Gasteiger partial charge in [0.15, 0.2) is 0 Å². The first kappa shape index (κ1) is 19.0. The highest BCUT2D eigenvalue weighted by atomic mass is 16.5. The van der Waals surface area contributed by atoms with Gasteiger partial charge in [0.1, 0.15) is 5.75 Å². The monoisotopic (exact) mass is 366 g/mol. The molecule has 1 fully saturated rings. The van der Waals surface area contributed by atoms with Gasteiger partial charge in [-0.05, 0) is 43.7 Å². The van der Waals surface area contributed by atoms with E-state index in [1.54, 1.807) is 4.90 Å². The molecule has 3 rings (SSSR count). The van der Waals surface area contributed by atoms with Crippen LogP contribution in [0.15, 0.2) is 48.5 Å². The average Bonchev–Trinajstić information content (AvgIpc) is 3.02. The molecule has 1 saturated heterocycles. The van der Waals surface area contributed by atoms with Crippen molar-refractivity contribution in [2.24, 2.45) is 5.92 Å². The summed E-state index contributed by atoms with van der Waals surface area (Å²) in [7, 11) is 0. The van der Waals surface area contributed by atoms with Gasteiger partial charge in [0.05, 0.1) is 13.0 Å². The van der Waals surface area contributed by atoms with Crippen LogP contribution in [0.3, 0.4) is 0 Å². The zero-order valence-electron chi connectivity index (χ0n) is 15.9. The molecule has 1 N–H and O–H groups in total. The van der Waals surface area contributed by atoms with Crippen LogP contribution in [-0.4, -0.2) is 31.5 Å². The zero-order chi connectivity index (χ0) is 19.2. The van der Waals surface area contributed by atoms with Crippen LogP contribution in [0.4, 0.5) is 5.69 Å². The largest absolute Gasteiger partial charge is 0.494 e. The van der Waals surface area contributed by atoms with E-state index in [0.29, 0.717) is 32.5 Å². The van der Waals surface area contributed by atoms with Crippen molar-refractivity contribution in [3.8, 4) is 5.75 Å². The lowest BCUT2D eigenvalue weighted by atomic mass is 10.1. The van der Waals surface area contributed by atoms with E-state index in [9.17, 15) is 9.59 Å². The summed E-state index contributed by atoms with van der Waals surface area (Å²) >= 11 is 0. The van der Waals surface area contributed by atoms with Gasteiger partial charge in [-0.15, -0.1) is 0 Å².